The molecule has 1 amide bonds. The van der Waals surface area contributed by atoms with Crippen LogP contribution < -0.4 is 0 Å². The molecule has 1 atom stereocenters. The monoisotopic (exact) mass is 205 g/mol. The van der Waals surface area contributed by atoms with Gasteiger partial charge in [0, 0.05) is 14.0 Å². The van der Waals surface area contributed by atoms with Crippen molar-refractivity contribution in [2.75, 3.05) is 7.05 Å². The molecule has 82 valence electrons. The van der Waals surface area contributed by atoms with E-state index in [1.165, 1.54) is 0 Å². The van der Waals surface area contributed by atoms with E-state index in [0.717, 1.165) is 30.4 Å². The van der Waals surface area contributed by atoms with E-state index in [4.69, 9.17) is 0 Å². The fourth-order valence-corrected chi connectivity index (χ4v) is 2.02. The molecule has 0 aliphatic heterocycles. The Morgan fingerprint density at radius 3 is 2.80 bits per heavy atom. The highest BCUT2D eigenvalue weighted by Gasteiger charge is 2.25. The van der Waals surface area contributed by atoms with Gasteiger partial charge < -0.3 is 4.90 Å². The van der Waals surface area contributed by atoms with Gasteiger partial charge in [0.1, 0.15) is 0 Å². The molecule has 0 aromatic heterocycles. The summed E-state index contributed by atoms with van der Waals surface area (Å²) in [5.74, 6) is 0.102. The molecule has 0 heterocycles. The molecule has 1 rings (SSSR count). The zero-order valence-corrected chi connectivity index (χ0v) is 9.62. The van der Waals surface area contributed by atoms with Crippen LogP contribution in [0.4, 0.5) is 0 Å². The van der Waals surface area contributed by atoms with Gasteiger partial charge in [0.15, 0.2) is 0 Å². The maximum atomic E-state index is 11.3. The van der Waals surface area contributed by atoms with Gasteiger partial charge in [-0.2, -0.15) is 0 Å². The average molecular weight is 205 g/mol. The predicted molar refractivity (Wildman–Crippen MR) is 63.5 cm³/mol. The minimum Gasteiger partial charge on any atom is -0.339 e. The second-order valence-electron chi connectivity index (χ2n) is 4.00. The molecule has 0 N–H and O–H groups in total. The molecule has 0 aromatic rings. The quantitative estimate of drug-likeness (QED) is 0.678. The maximum absolute atomic E-state index is 11.3. The van der Waals surface area contributed by atoms with Crippen LogP contribution in [0.15, 0.2) is 36.5 Å². The number of carbonyl (C=O) groups is 1. The van der Waals surface area contributed by atoms with Gasteiger partial charge in [-0.25, -0.2) is 0 Å². The molecule has 1 saturated carbocycles. The van der Waals surface area contributed by atoms with Gasteiger partial charge in [-0.3, -0.25) is 4.79 Å². The fourth-order valence-electron chi connectivity index (χ4n) is 2.02. The van der Waals surface area contributed by atoms with E-state index < -0.39 is 0 Å². The normalized spacial score (nSPS) is 24.0. The molecule has 2 nitrogen and oxygen atoms in total. The highest BCUT2D eigenvalue weighted by Crippen LogP contribution is 2.30. The lowest BCUT2D eigenvalue weighted by atomic mass is 9.85. The molecule has 15 heavy (non-hydrogen) atoms. The number of hydrogen-bond acceptors (Lipinski definition) is 1. The van der Waals surface area contributed by atoms with Gasteiger partial charge in [-0.05, 0) is 30.4 Å². The smallest absolute Gasteiger partial charge is 0.219 e. The van der Waals surface area contributed by atoms with Crippen molar-refractivity contribution in [2.45, 2.75) is 32.2 Å². The van der Waals surface area contributed by atoms with Crippen LogP contribution in [0.3, 0.4) is 0 Å². The fraction of sp³-hybridized carbons (Fsp3) is 0.462. The van der Waals surface area contributed by atoms with Crippen molar-refractivity contribution in [2.24, 2.45) is 0 Å². The zero-order valence-electron chi connectivity index (χ0n) is 9.62. The van der Waals surface area contributed by atoms with Crippen LogP contribution in [0, 0.1) is 0 Å². The number of likely N-dealkylation sites (N-methyl/N-ethyl adjacent to an activating group) is 1. The summed E-state index contributed by atoms with van der Waals surface area (Å²) >= 11 is 0. The van der Waals surface area contributed by atoms with Gasteiger partial charge in [-0.1, -0.05) is 25.3 Å². The molecule has 0 aromatic carbocycles. The Kier molecular flexibility index (Phi) is 3.89. The van der Waals surface area contributed by atoms with Gasteiger partial charge in [0.05, 0.1) is 6.04 Å². The predicted octanol–water partition coefficient (Wildman–Crippen LogP) is 2.69. The van der Waals surface area contributed by atoms with Gasteiger partial charge in [-0.15, -0.1) is 0 Å². The molecule has 0 bridgehead atoms. The van der Waals surface area contributed by atoms with E-state index in [0.29, 0.717) is 0 Å². The van der Waals surface area contributed by atoms with E-state index in [2.05, 4.69) is 13.2 Å². The molecular weight excluding hydrogens is 186 g/mol. The molecule has 1 aliphatic carbocycles. The van der Waals surface area contributed by atoms with Crippen molar-refractivity contribution in [1.82, 2.24) is 4.90 Å². The highest BCUT2D eigenvalue weighted by atomic mass is 16.2. The van der Waals surface area contributed by atoms with E-state index in [-0.39, 0.29) is 11.9 Å². The molecule has 0 saturated heterocycles. The number of nitrogens with zero attached hydrogens (tertiary/aromatic N) is 1. The average Bonchev–Trinajstić information content (AvgIpc) is 2.20. The molecule has 1 aliphatic rings. The van der Waals surface area contributed by atoms with Crippen LogP contribution in [-0.4, -0.2) is 23.9 Å². The highest BCUT2D eigenvalue weighted by molar-refractivity contribution is 5.74. The Hall–Kier alpha value is -1.31. The lowest BCUT2D eigenvalue weighted by Gasteiger charge is -2.34. The summed E-state index contributed by atoms with van der Waals surface area (Å²) in [4.78, 5) is 13.1. The SMILES string of the molecule is C=C/C=C1\C(=C)CCCC1N(C)C(C)=O. The summed E-state index contributed by atoms with van der Waals surface area (Å²) in [5, 5.41) is 0. The van der Waals surface area contributed by atoms with Crippen LogP contribution in [0.2, 0.25) is 0 Å². The number of carbonyl (C=O) groups excluding carboxylic acids is 1. The third kappa shape index (κ3) is 2.58. The van der Waals surface area contributed by atoms with Crippen LogP contribution in [0.1, 0.15) is 26.2 Å². The number of rotatable bonds is 2. The molecule has 1 unspecified atom stereocenters. The summed E-state index contributed by atoms with van der Waals surface area (Å²) in [5.41, 5.74) is 2.30. The Morgan fingerprint density at radius 1 is 1.60 bits per heavy atom. The molecule has 2 heteroatoms. The first-order valence-electron chi connectivity index (χ1n) is 5.32. The molecule has 0 radical (unpaired) electrons. The second-order valence-corrected chi connectivity index (χ2v) is 4.00. The largest absolute Gasteiger partial charge is 0.339 e. The zero-order chi connectivity index (χ0) is 11.4. The van der Waals surface area contributed by atoms with Crippen molar-refractivity contribution >= 4 is 5.91 Å². The Labute approximate surface area is 92.0 Å². The third-order valence-corrected chi connectivity index (χ3v) is 2.98. The lowest BCUT2D eigenvalue weighted by molar-refractivity contribution is -0.129. The minimum atomic E-state index is 0.102. The topological polar surface area (TPSA) is 20.3 Å². The first kappa shape index (κ1) is 11.8. The van der Waals surface area contributed by atoms with Crippen LogP contribution in [0.25, 0.3) is 0 Å². The minimum absolute atomic E-state index is 0.102. The standard InChI is InChI=1S/C13H19NO/c1-5-7-12-10(2)8-6-9-13(12)14(4)11(3)15/h5,7,13H,1-2,6,8-9H2,3-4H3/b12-7+. The first-order valence-corrected chi connectivity index (χ1v) is 5.32. The number of hydrogen-bond donors (Lipinski definition) is 0. The summed E-state index contributed by atoms with van der Waals surface area (Å²) in [6, 6.07) is 0.182. The van der Waals surface area contributed by atoms with Crippen molar-refractivity contribution in [3.05, 3.63) is 36.5 Å². The summed E-state index contributed by atoms with van der Waals surface area (Å²) in [6.07, 6.45) is 6.91. The van der Waals surface area contributed by atoms with Crippen molar-refractivity contribution in [1.29, 1.82) is 0 Å². The van der Waals surface area contributed by atoms with Gasteiger partial charge in [0.25, 0.3) is 0 Å². The Morgan fingerprint density at radius 2 is 2.27 bits per heavy atom. The second kappa shape index (κ2) is 4.96. The van der Waals surface area contributed by atoms with Crippen LogP contribution >= 0.6 is 0 Å². The van der Waals surface area contributed by atoms with Crippen LogP contribution in [-0.2, 0) is 4.79 Å². The van der Waals surface area contributed by atoms with Gasteiger partial charge in [0.2, 0.25) is 5.91 Å². The third-order valence-electron chi connectivity index (χ3n) is 2.98. The van der Waals surface area contributed by atoms with Gasteiger partial charge >= 0.3 is 0 Å². The molecular formula is C13H19NO. The first-order chi connectivity index (χ1) is 7.07. The Bertz CT molecular complexity index is 314. The van der Waals surface area contributed by atoms with Crippen molar-refractivity contribution in [3.63, 3.8) is 0 Å². The van der Waals surface area contributed by atoms with Crippen LogP contribution in [0.5, 0.6) is 0 Å². The molecule has 0 spiro atoms. The number of amides is 1. The van der Waals surface area contributed by atoms with E-state index >= 15 is 0 Å². The van der Waals surface area contributed by atoms with Crippen molar-refractivity contribution in [3.8, 4) is 0 Å². The maximum Gasteiger partial charge on any atom is 0.219 e. The summed E-state index contributed by atoms with van der Waals surface area (Å²) in [7, 11) is 1.85. The van der Waals surface area contributed by atoms with E-state index in [9.17, 15) is 4.79 Å². The number of allylic oxidation sites excluding steroid dienone is 2. The van der Waals surface area contributed by atoms with Crippen molar-refractivity contribution < 1.29 is 4.79 Å². The summed E-state index contributed by atoms with van der Waals surface area (Å²) < 4.78 is 0. The summed E-state index contributed by atoms with van der Waals surface area (Å²) in [6.45, 7) is 9.36. The molecule has 1 fully saturated rings. The Balaban J connectivity index is 2.93. The van der Waals surface area contributed by atoms with E-state index in [1.54, 1.807) is 17.9 Å². The van der Waals surface area contributed by atoms with E-state index in [1.807, 2.05) is 13.1 Å². The lowest BCUT2D eigenvalue weighted by Crippen LogP contribution is -2.38.